The number of hydrogen-bond acceptors (Lipinski definition) is 6. The first-order valence-corrected chi connectivity index (χ1v) is 9.37. The van der Waals surface area contributed by atoms with E-state index < -0.39 is 10.0 Å². The Labute approximate surface area is 147 Å². The third kappa shape index (κ3) is 5.71. The van der Waals surface area contributed by atoms with Gasteiger partial charge in [0, 0.05) is 19.2 Å². The lowest BCUT2D eigenvalue weighted by Gasteiger charge is -2.09. The highest BCUT2D eigenvalue weighted by atomic mass is 32.2. The van der Waals surface area contributed by atoms with Crippen LogP contribution in [-0.4, -0.2) is 31.1 Å². The first-order valence-electron chi connectivity index (χ1n) is 7.89. The molecule has 1 aromatic carbocycles. The van der Waals surface area contributed by atoms with Crippen LogP contribution in [0.1, 0.15) is 26.7 Å². The van der Waals surface area contributed by atoms with E-state index in [-0.39, 0.29) is 16.6 Å². The number of unbranched alkanes of at least 4 members (excludes halogenated alkanes) is 1. The summed E-state index contributed by atoms with van der Waals surface area (Å²) in [4.78, 5) is 11.0. The fourth-order valence-electron chi connectivity index (χ4n) is 1.99. The molecule has 0 unspecified atom stereocenters. The number of benzene rings is 1. The molecule has 0 aliphatic rings. The van der Waals surface area contributed by atoms with E-state index in [1.807, 2.05) is 0 Å². The molecule has 8 nitrogen and oxygen atoms in total. The Balaban J connectivity index is 2.03. The summed E-state index contributed by atoms with van der Waals surface area (Å²) >= 11 is 0. The summed E-state index contributed by atoms with van der Waals surface area (Å²) in [6.07, 6.45) is 2.09. The molecule has 0 radical (unpaired) electrons. The Bertz CT molecular complexity index is 805. The number of amides is 1. The first-order chi connectivity index (χ1) is 11.9. The second-order valence-electron chi connectivity index (χ2n) is 5.40. The van der Waals surface area contributed by atoms with Crippen molar-refractivity contribution in [2.24, 2.45) is 0 Å². The van der Waals surface area contributed by atoms with Crippen LogP contribution in [0, 0.1) is 0 Å². The molecule has 0 spiro atoms. The van der Waals surface area contributed by atoms with Gasteiger partial charge in [0.15, 0.2) is 5.82 Å². The number of aromatic nitrogens is 2. The maximum atomic E-state index is 12.3. The SMILES string of the molecule is CCCCNc1ccc(NS(=O)(=O)c2ccc(NC(C)=O)cc2)nn1. The summed E-state index contributed by atoms with van der Waals surface area (Å²) in [5.41, 5.74) is 0.522. The van der Waals surface area contributed by atoms with Crippen molar-refractivity contribution in [3.63, 3.8) is 0 Å². The molecule has 0 saturated heterocycles. The highest BCUT2D eigenvalue weighted by Crippen LogP contribution is 2.17. The van der Waals surface area contributed by atoms with E-state index in [4.69, 9.17) is 0 Å². The zero-order chi connectivity index (χ0) is 18.3. The van der Waals surface area contributed by atoms with E-state index in [0.29, 0.717) is 11.5 Å². The molecule has 0 aliphatic heterocycles. The molecule has 25 heavy (non-hydrogen) atoms. The molecule has 0 aliphatic carbocycles. The van der Waals surface area contributed by atoms with Crippen LogP contribution in [-0.2, 0) is 14.8 Å². The van der Waals surface area contributed by atoms with Crippen molar-refractivity contribution in [2.45, 2.75) is 31.6 Å². The van der Waals surface area contributed by atoms with Gasteiger partial charge >= 0.3 is 0 Å². The van der Waals surface area contributed by atoms with Gasteiger partial charge in [-0.15, -0.1) is 10.2 Å². The van der Waals surface area contributed by atoms with Crippen LogP contribution in [0.25, 0.3) is 0 Å². The maximum absolute atomic E-state index is 12.3. The molecular formula is C16H21N5O3S. The van der Waals surface area contributed by atoms with Crippen molar-refractivity contribution in [1.82, 2.24) is 10.2 Å². The van der Waals surface area contributed by atoms with Gasteiger partial charge in [0.2, 0.25) is 5.91 Å². The molecule has 1 heterocycles. The Kier molecular flexibility index (Phi) is 6.29. The van der Waals surface area contributed by atoms with Gasteiger partial charge in [0.05, 0.1) is 4.90 Å². The molecule has 0 fully saturated rings. The van der Waals surface area contributed by atoms with Gasteiger partial charge in [-0.2, -0.15) is 0 Å². The lowest BCUT2D eigenvalue weighted by molar-refractivity contribution is -0.114. The summed E-state index contributed by atoms with van der Waals surface area (Å²) in [6.45, 7) is 4.26. The van der Waals surface area contributed by atoms with Gasteiger partial charge < -0.3 is 10.6 Å². The van der Waals surface area contributed by atoms with E-state index in [2.05, 4.69) is 32.5 Å². The Morgan fingerprint density at radius 1 is 1.04 bits per heavy atom. The number of hydrogen-bond donors (Lipinski definition) is 3. The lowest BCUT2D eigenvalue weighted by Crippen LogP contribution is -2.15. The number of sulfonamides is 1. The topological polar surface area (TPSA) is 113 Å². The molecule has 134 valence electrons. The predicted molar refractivity (Wildman–Crippen MR) is 97.0 cm³/mol. The standard InChI is InChI=1S/C16H21N5O3S/c1-3-4-11-17-15-9-10-16(20-19-15)21-25(23,24)14-7-5-13(6-8-14)18-12(2)22/h5-10H,3-4,11H2,1-2H3,(H,17,19)(H,18,22)(H,20,21). The zero-order valence-electron chi connectivity index (χ0n) is 14.1. The van der Waals surface area contributed by atoms with Crippen LogP contribution in [0.15, 0.2) is 41.3 Å². The Morgan fingerprint density at radius 2 is 1.68 bits per heavy atom. The second-order valence-corrected chi connectivity index (χ2v) is 7.08. The van der Waals surface area contributed by atoms with Crippen molar-refractivity contribution in [2.75, 3.05) is 21.9 Å². The quantitative estimate of drug-likeness (QED) is 0.621. The van der Waals surface area contributed by atoms with Gasteiger partial charge in [0.1, 0.15) is 5.82 Å². The molecule has 1 amide bonds. The number of carbonyl (C=O) groups excluding carboxylic acids is 1. The highest BCUT2D eigenvalue weighted by molar-refractivity contribution is 7.92. The van der Waals surface area contributed by atoms with Crippen molar-refractivity contribution in [3.05, 3.63) is 36.4 Å². The third-order valence-electron chi connectivity index (χ3n) is 3.22. The fourth-order valence-corrected chi connectivity index (χ4v) is 2.99. The number of carbonyl (C=O) groups is 1. The molecule has 0 bridgehead atoms. The summed E-state index contributed by atoms with van der Waals surface area (Å²) in [5.74, 6) is 0.500. The Hall–Kier alpha value is -2.68. The van der Waals surface area contributed by atoms with Crippen LogP contribution in [0.4, 0.5) is 17.3 Å². The van der Waals surface area contributed by atoms with E-state index >= 15 is 0 Å². The van der Waals surface area contributed by atoms with Crippen LogP contribution < -0.4 is 15.4 Å². The lowest BCUT2D eigenvalue weighted by atomic mass is 10.3. The predicted octanol–water partition coefficient (Wildman–Crippen LogP) is 2.45. The van der Waals surface area contributed by atoms with Gasteiger partial charge in [-0.3, -0.25) is 9.52 Å². The molecule has 3 N–H and O–H groups in total. The van der Waals surface area contributed by atoms with Crippen LogP contribution in [0.5, 0.6) is 0 Å². The van der Waals surface area contributed by atoms with Crippen molar-refractivity contribution in [3.8, 4) is 0 Å². The maximum Gasteiger partial charge on any atom is 0.263 e. The second kappa shape index (κ2) is 8.43. The van der Waals surface area contributed by atoms with Gasteiger partial charge in [0.25, 0.3) is 10.0 Å². The van der Waals surface area contributed by atoms with E-state index in [9.17, 15) is 13.2 Å². The fraction of sp³-hybridized carbons (Fsp3) is 0.312. The minimum Gasteiger partial charge on any atom is -0.369 e. The number of nitrogens with one attached hydrogen (secondary N) is 3. The Morgan fingerprint density at radius 3 is 2.24 bits per heavy atom. The third-order valence-corrected chi connectivity index (χ3v) is 4.60. The van der Waals surface area contributed by atoms with Crippen molar-refractivity contribution >= 4 is 33.3 Å². The summed E-state index contributed by atoms with van der Waals surface area (Å²) < 4.78 is 27.1. The number of anilines is 3. The first kappa shape index (κ1) is 18.7. The van der Waals surface area contributed by atoms with Crippen LogP contribution in [0.2, 0.25) is 0 Å². The van der Waals surface area contributed by atoms with Gasteiger partial charge in [-0.05, 0) is 42.8 Å². The summed E-state index contributed by atoms with van der Waals surface area (Å²) in [7, 11) is -3.78. The molecule has 0 atom stereocenters. The average Bonchev–Trinajstić information content (AvgIpc) is 2.56. The minimum atomic E-state index is -3.78. The molecule has 2 rings (SSSR count). The molecule has 2 aromatic rings. The van der Waals surface area contributed by atoms with Crippen LogP contribution in [0.3, 0.4) is 0 Å². The van der Waals surface area contributed by atoms with Crippen molar-refractivity contribution < 1.29 is 13.2 Å². The highest BCUT2D eigenvalue weighted by Gasteiger charge is 2.15. The van der Waals surface area contributed by atoms with E-state index in [0.717, 1.165) is 19.4 Å². The average molecular weight is 363 g/mol. The monoisotopic (exact) mass is 363 g/mol. The number of rotatable bonds is 8. The summed E-state index contributed by atoms with van der Waals surface area (Å²) in [6, 6.07) is 9.05. The van der Waals surface area contributed by atoms with E-state index in [1.165, 1.54) is 31.2 Å². The van der Waals surface area contributed by atoms with Gasteiger partial charge in [-0.25, -0.2) is 8.42 Å². The van der Waals surface area contributed by atoms with Crippen LogP contribution >= 0.6 is 0 Å². The van der Waals surface area contributed by atoms with Crippen molar-refractivity contribution in [1.29, 1.82) is 0 Å². The minimum absolute atomic E-state index is 0.0635. The van der Waals surface area contributed by atoms with Gasteiger partial charge in [-0.1, -0.05) is 13.3 Å². The van der Waals surface area contributed by atoms with E-state index in [1.54, 1.807) is 12.1 Å². The zero-order valence-corrected chi connectivity index (χ0v) is 14.9. The number of nitrogens with zero attached hydrogens (tertiary/aromatic N) is 2. The normalized spacial score (nSPS) is 11.0. The smallest absolute Gasteiger partial charge is 0.263 e. The molecule has 1 aromatic heterocycles. The summed E-state index contributed by atoms with van der Waals surface area (Å²) in [5, 5.41) is 13.5. The molecular weight excluding hydrogens is 342 g/mol. The molecule has 9 heteroatoms. The largest absolute Gasteiger partial charge is 0.369 e. The molecule has 0 saturated carbocycles.